The topological polar surface area (TPSA) is 15.3 Å². The van der Waals surface area contributed by atoms with Crippen molar-refractivity contribution in [2.75, 3.05) is 19.6 Å². The summed E-state index contributed by atoms with van der Waals surface area (Å²) in [4.78, 5) is 2.74. The molecule has 2 aliphatic heterocycles. The van der Waals surface area contributed by atoms with Crippen LogP contribution in [0.5, 0.6) is 0 Å². The molecule has 15 heavy (non-hydrogen) atoms. The van der Waals surface area contributed by atoms with Crippen LogP contribution in [0.2, 0.25) is 0 Å². The van der Waals surface area contributed by atoms with Crippen molar-refractivity contribution in [1.29, 1.82) is 0 Å². The van der Waals surface area contributed by atoms with Crippen molar-refractivity contribution in [3.63, 3.8) is 0 Å². The van der Waals surface area contributed by atoms with E-state index in [-0.39, 0.29) is 0 Å². The molecule has 0 bridgehead atoms. The molecule has 2 saturated heterocycles. The van der Waals surface area contributed by atoms with E-state index in [0.717, 1.165) is 6.04 Å². The summed E-state index contributed by atoms with van der Waals surface area (Å²) in [7, 11) is 0. The molecule has 2 aliphatic rings. The Labute approximate surface area is 94.4 Å². The van der Waals surface area contributed by atoms with Crippen molar-refractivity contribution in [2.24, 2.45) is 0 Å². The van der Waals surface area contributed by atoms with Gasteiger partial charge in [0.1, 0.15) is 0 Å². The van der Waals surface area contributed by atoms with E-state index >= 15 is 0 Å². The SMILES string of the molecule is CCC1CCCCN1CC1(C)CCCN1. The third-order valence-corrected chi connectivity index (χ3v) is 4.23. The molecular formula is C13H26N2. The molecule has 2 unspecified atom stereocenters. The maximum absolute atomic E-state index is 3.68. The van der Waals surface area contributed by atoms with Gasteiger partial charge in [0.25, 0.3) is 0 Å². The predicted molar refractivity (Wildman–Crippen MR) is 65.1 cm³/mol. The summed E-state index contributed by atoms with van der Waals surface area (Å²) >= 11 is 0. The van der Waals surface area contributed by atoms with Crippen molar-refractivity contribution < 1.29 is 0 Å². The monoisotopic (exact) mass is 210 g/mol. The van der Waals surface area contributed by atoms with E-state index in [1.807, 2.05) is 0 Å². The number of nitrogens with zero attached hydrogens (tertiary/aromatic N) is 1. The summed E-state index contributed by atoms with van der Waals surface area (Å²) in [6.45, 7) is 8.57. The third kappa shape index (κ3) is 2.73. The van der Waals surface area contributed by atoms with Crippen molar-refractivity contribution in [3.8, 4) is 0 Å². The summed E-state index contributed by atoms with van der Waals surface area (Å²) in [6, 6.07) is 0.859. The highest BCUT2D eigenvalue weighted by atomic mass is 15.2. The molecule has 2 rings (SSSR count). The first-order valence-corrected chi connectivity index (χ1v) is 6.72. The van der Waals surface area contributed by atoms with Crippen LogP contribution in [0.3, 0.4) is 0 Å². The van der Waals surface area contributed by atoms with Crippen molar-refractivity contribution in [2.45, 2.75) is 64.0 Å². The third-order valence-electron chi connectivity index (χ3n) is 4.23. The fraction of sp³-hybridized carbons (Fsp3) is 1.00. The van der Waals surface area contributed by atoms with Crippen LogP contribution in [-0.2, 0) is 0 Å². The summed E-state index contributed by atoms with van der Waals surface area (Å²) in [5, 5.41) is 3.68. The fourth-order valence-electron chi connectivity index (χ4n) is 3.27. The number of rotatable bonds is 3. The van der Waals surface area contributed by atoms with Crippen LogP contribution in [0.4, 0.5) is 0 Å². The minimum atomic E-state index is 0.408. The molecule has 1 N–H and O–H groups in total. The molecule has 2 fully saturated rings. The average molecular weight is 210 g/mol. The lowest BCUT2D eigenvalue weighted by Crippen LogP contribution is -2.52. The largest absolute Gasteiger partial charge is 0.310 e. The minimum Gasteiger partial charge on any atom is -0.310 e. The fourth-order valence-corrected chi connectivity index (χ4v) is 3.27. The van der Waals surface area contributed by atoms with E-state index < -0.39 is 0 Å². The van der Waals surface area contributed by atoms with Gasteiger partial charge in [0.2, 0.25) is 0 Å². The predicted octanol–water partition coefficient (Wildman–Crippen LogP) is 2.39. The maximum atomic E-state index is 3.68. The zero-order valence-electron chi connectivity index (χ0n) is 10.4. The lowest BCUT2D eigenvalue weighted by atomic mass is 9.94. The van der Waals surface area contributed by atoms with Crippen LogP contribution in [0.1, 0.15) is 52.4 Å². The van der Waals surface area contributed by atoms with E-state index in [0.29, 0.717) is 5.54 Å². The Kier molecular flexibility index (Phi) is 3.68. The molecular weight excluding hydrogens is 184 g/mol. The minimum absolute atomic E-state index is 0.408. The normalized spacial score (nSPS) is 38.4. The maximum Gasteiger partial charge on any atom is 0.0281 e. The van der Waals surface area contributed by atoms with Crippen LogP contribution in [0.25, 0.3) is 0 Å². The second-order valence-corrected chi connectivity index (χ2v) is 5.62. The van der Waals surface area contributed by atoms with Crippen LogP contribution >= 0.6 is 0 Å². The summed E-state index contributed by atoms with van der Waals surface area (Å²) in [5.74, 6) is 0. The van der Waals surface area contributed by atoms with Crippen LogP contribution in [0.15, 0.2) is 0 Å². The highest BCUT2D eigenvalue weighted by Crippen LogP contribution is 2.25. The van der Waals surface area contributed by atoms with Crippen molar-refractivity contribution in [1.82, 2.24) is 10.2 Å². The van der Waals surface area contributed by atoms with Gasteiger partial charge in [0, 0.05) is 18.1 Å². The number of hydrogen-bond donors (Lipinski definition) is 1. The molecule has 0 aromatic carbocycles. The molecule has 0 spiro atoms. The average Bonchev–Trinajstić information content (AvgIpc) is 2.66. The van der Waals surface area contributed by atoms with Gasteiger partial charge in [-0.2, -0.15) is 0 Å². The second-order valence-electron chi connectivity index (χ2n) is 5.62. The van der Waals surface area contributed by atoms with E-state index in [9.17, 15) is 0 Å². The first-order valence-electron chi connectivity index (χ1n) is 6.72. The Bertz CT molecular complexity index is 197. The van der Waals surface area contributed by atoms with Crippen molar-refractivity contribution in [3.05, 3.63) is 0 Å². The van der Waals surface area contributed by atoms with Gasteiger partial charge >= 0.3 is 0 Å². The van der Waals surface area contributed by atoms with Crippen LogP contribution in [0, 0.1) is 0 Å². The molecule has 0 aromatic rings. The van der Waals surface area contributed by atoms with E-state index in [4.69, 9.17) is 0 Å². The van der Waals surface area contributed by atoms with Gasteiger partial charge in [0.05, 0.1) is 0 Å². The molecule has 2 atom stereocenters. The van der Waals surface area contributed by atoms with Gasteiger partial charge in [-0.3, -0.25) is 4.90 Å². The molecule has 0 amide bonds. The highest BCUT2D eigenvalue weighted by molar-refractivity contribution is 4.93. The molecule has 88 valence electrons. The Morgan fingerprint density at radius 1 is 1.33 bits per heavy atom. The first kappa shape index (κ1) is 11.4. The lowest BCUT2D eigenvalue weighted by molar-refractivity contribution is 0.109. The van der Waals surface area contributed by atoms with Gasteiger partial charge in [-0.25, -0.2) is 0 Å². The van der Waals surface area contributed by atoms with Gasteiger partial charge in [-0.1, -0.05) is 13.3 Å². The van der Waals surface area contributed by atoms with E-state index in [1.165, 1.54) is 58.2 Å². The molecule has 2 heteroatoms. The zero-order chi connectivity index (χ0) is 10.7. The first-order chi connectivity index (χ1) is 7.23. The molecule has 2 heterocycles. The van der Waals surface area contributed by atoms with Crippen LogP contribution < -0.4 is 5.32 Å². The number of likely N-dealkylation sites (tertiary alicyclic amines) is 1. The molecule has 0 saturated carbocycles. The lowest BCUT2D eigenvalue weighted by Gasteiger charge is -2.40. The molecule has 0 radical (unpaired) electrons. The van der Waals surface area contributed by atoms with Gasteiger partial charge in [0.15, 0.2) is 0 Å². The molecule has 0 aliphatic carbocycles. The van der Waals surface area contributed by atoms with Crippen molar-refractivity contribution >= 4 is 0 Å². The van der Waals surface area contributed by atoms with E-state index in [1.54, 1.807) is 0 Å². The Morgan fingerprint density at radius 3 is 2.87 bits per heavy atom. The number of nitrogens with one attached hydrogen (secondary N) is 1. The summed E-state index contributed by atoms with van der Waals surface area (Å²) < 4.78 is 0. The second kappa shape index (κ2) is 4.84. The Hall–Kier alpha value is -0.0800. The van der Waals surface area contributed by atoms with Crippen LogP contribution in [-0.4, -0.2) is 36.1 Å². The van der Waals surface area contributed by atoms with Gasteiger partial charge < -0.3 is 5.32 Å². The highest BCUT2D eigenvalue weighted by Gasteiger charge is 2.32. The smallest absolute Gasteiger partial charge is 0.0281 e. The number of hydrogen-bond acceptors (Lipinski definition) is 2. The van der Waals surface area contributed by atoms with Gasteiger partial charge in [-0.15, -0.1) is 0 Å². The standard InChI is InChI=1S/C13H26N2/c1-3-12-7-4-5-10-15(12)11-13(2)8-6-9-14-13/h12,14H,3-11H2,1-2H3. The summed E-state index contributed by atoms with van der Waals surface area (Å²) in [6.07, 6.45) is 8.33. The van der Waals surface area contributed by atoms with E-state index in [2.05, 4.69) is 24.1 Å². The molecule has 2 nitrogen and oxygen atoms in total. The summed E-state index contributed by atoms with van der Waals surface area (Å²) in [5.41, 5.74) is 0.408. The molecule has 0 aromatic heterocycles. The zero-order valence-corrected chi connectivity index (χ0v) is 10.4. The number of piperidine rings is 1. The Balaban J connectivity index is 1.90. The quantitative estimate of drug-likeness (QED) is 0.769. The Morgan fingerprint density at radius 2 is 2.20 bits per heavy atom. The van der Waals surface area contributed by atoms with Gasteiger partial charge in [-0.05, 0) is 52.1 Å².